The first kappa shape index (κ1) is 11.0. The summed E-state index contributed by atoms with van der Waals surface area (Å²) < 4.78 is 5.52. The lowest BCUT2D eigenvalue weighted by Crippen LogP contribution is -2.41. The summed E-state index contributed by atoms with van der Waals surface area (Å²) in [4.78, 5) is 0. The van der Waals surface area contributed by atoms with E-state index < -0.39 is 0 Å². The molecule has 0 aromatic carbocycles. The van der Waals surface area contributed by atoms with Gasteiger partial charge in [0.1, 0.15) is 0 Å². The van der Waals surface area contributed by atoms with E-state index in [2.05, 4.69) is 26.2 Å². The smallest absolute Gasteiger partial charge is 0.0509 e. The Hall–Kier alpha value is -0.0800. The van der Waals surface area contributed by atoms with E-state index in [-0.39, 0.29) is 0 Å². The van der Waals surface area contributed by atoms with E-state index in [0.717, 1.165) is 25.0 Å². The van der Waals surface area contributed by atoms with Crippen molar-refractivity contribution in [3.8, 4) is 0 Å². The van der Waals surface area contributed by atoms with Gasteiger partial charge < -0.3 is 10.1 Å². The van der Waals surface area contributed by atoms with Gasteiger partial charge >= 0.3 is 0 Å². The molecule has 0 saturated carbocycles. The van der Waals surface area contributed by atoms with E-state index in [1.54, 1.807) is 0 Å². The summed E-state index contributed by atoms with van der Waals surface area (Å²) >= 11 is 0. The van der Waals surface area contributed by atoms with Crippen molar-refractivity contribution in [1.29, 1.82) is 0 Å². The Morgan fingerprint density at radius 2 is 2.31 bits per heavy atom. The highest BCUT2D eigenvalue weighted by molar-refractivity contribution is 4.79. The first-order valence-corrected chi connectivity index (χ1v) is 5.53. The van der Waals surface area contributed by atoms with E-state index in [4.69, 9.17) is 4.74 Å². The summed E-state index contributed by atoms with van der Waals surface area (Å²) in [5.74, 6) is 1.57. The molecule has 2 heteroatoms. The van der Waals surface area contributed by atoms with Crippen LogP contribution >= 0.6 is 0 Å². The molecule has 0 aromatic heterocycles. The Morgan fingerprint density at radius 3 is 2.92 bits per heavy atom. The third kappa shape index (κ3) is 3.28. The molecule has 1 N–H and O–H groups in total. The van der Waals surface area contributed by atoms with Crippen molar-refractivity contribution in [1.82, 2.24) is 5.32 Å². The molecule has 3 unspecified atom stereocenters. The predicted octanol–water partition coefficient (Wildman–Crippen LogP) is 2.05. The number of ether oxygens (including phenoxy) is 1. The summed E-state index contributed by atoms with van der Waals surface area (Å²) in [5, 5.41) is 3.40. The Labute approximate surface area is 82.0 Å². The maximum Gasteiger partial charge on any atom is 0.0509 e. The maximum atomic E-state index is 5.52. The maximum absolute atomic E-state index is 5.52. The van der Waals surface area contributed by atoms with Crippen LogP contribution in [0.25, 0.3) is 0 Å². The third-order valence-electron chi connectivity index (χ3n) is 3.25. The number of nitrogens with one attached hydrogen (secondary N) is 1. The minimum absolute atomic E-state index is 0.683. The van der Waals surface area contributed by atoms with Gasteiger partial charge in [-0.3, -0.25) is 0 Å². The molecule has 1 aliphatic heterocycles. The quantitative estimate of drug-likeness (QED) is 0.723. The van der Waals surface area contributed by atoms with Gasteiger partial charge in [-0.15, -0.1) is 0 Å². The van der Waals surface area contributed by atoms with Crippen LogP contribution in [-0.4, -0.2) is 26.3 Å². The highest BCUT2D eigenvalue weighted by Crippen LogP contribution is 2.23. The Balaban J connectivity index is 2.35. The Morgan fingerprint density at radius 1 is 1.54 bits per heavy atom. The molecule has 3 atom stereocenters. The van der Waals surface area contributed by atoms with Gasteiger partial charge in [0.25, 0.3) is 0 Å². The van der Waals surface area contributed by atoms with Crippen LogP contribution in [0, 0.1) is 11.8 Å². The van der Waals surface area contributed by atoms with Gasteiger partial charge in [0.2, 0.25) is 0 Å². The molecule has 13 heavy (non-hydrogen) atoms. The molecule has 1 heterocycles. The second-order valence-electron chi connectivity index (χ2n) is 4.27. The topological polar surface area (TPSA) is 21.3 Å². The molecular formula is C11H23NO. The van der Waals surface area contributed by atoms with Crippen LogP contribution in [0.2, 0.25) is 0 Å². The van der Waals surface area contributed by atoms with Crippen LogP contribution in [0.5, 0.6) is 0 Å². The lowest BCUT2D eigenvalue weighted by atomic mass is 9.86. The van der Waals surface area contributed by atoms with E-state index in [0.29, 0.717) is 6.04 Å². The van der Waals surface area contributed by atoms with E-state index in [9.17, 15) is 0 Å². The SMILES string of the molecule is CCC(C)CC1COCCC1NC. The lowest BCUT2D eigenvalue weighted by Gasteiger charge is -2.32. The molecule has 1 aliphatic rings. The number of rotatable bonds is 4. The second-order valence-corrected chi connectivity index (χ2v) is 4.27. The van der Waals surface area contributed by atoms with Gasteiger partial charge in [-0.05, 0) is 31.7 Å². The zero-order valence-electron chi connectivity index (χ0n) is 9.18. The molecule has 78 valence electrons. The van der Waals surface area contributed by atoms with Crippen LogP contribution in [-0.2, 0) is 4.74 Å². The second kappa shape index (κ2) is 5.61. The molecule has 1 fully saturated rings. The zero-order chi connectivity index (χ0) is 9.68. The summed E-state index contributed by atoms with van der Waals surface area (Å²) in [6, 6.07) is 0.683. The Bertz CT molecular complexity index is 138. The van der Waals surface area contributed by atoms with Crippen LogP contribution in [0.4, 0.5) is 0 Å². The molecule has 0 radical (unpaired) electrons. The molecule has 1 saturated heterocycles. The van der Waals surface area contributed by atoms with Gasteiger partial charge in [0, 0.05) is 12.6 Å². The largest absolute Gasteiger partial charge is 0.381 e. The standard InChI is InChI=1S/C11H23NO/c1-4-9(2)7-10-8-13-6-5-11(10)12-3/h9-12H,4-8H2,1-3H3. The van der Waals surface area contributed by atoms with Crippen molar-refractivity contribution in [3.05, 3.63) is 0 Å². The summed E-state index contributed by atoms with van der Waals surface area (Å²) in [7, 11) is 2.07. The minimum atomic E-state index is 0.683. The average molecular weight is 185 g/mol. The lowest BCUT2D eigenvalue weighted by molar-refractivity contribution is 0.0250. The summed E-state index contributed by atoms with van der Waals surface area (Å²) in [5.41, 5.74) is 0. The molecule has 0 amide bonds. The normalized spacial score (nSPS) is 31.6. The molecule has 0 bridgehead atoms. The molecule has 0 spiro atoms. The van der Waals surface area contributed by atoms with Crippen molar-refractivity contribution in [3.63, 3.8) is 0 Å². The van der Waals surface area contributed by atoms with E-state index in [1.165, 1.54) is 19.3 Å². The molecule has 2 nitrogen and oxygen atoms in total. The third-order valence-corrected chi connectivity index (χ3v) is 3.25. The van der Waals surface area contributed by atoms with Crippen LogP contribution in [0.1, 0.15) is 33.1 Å². The number of hydrogen-bond acceptors (Lipinski definition) is 2. The van der Waals surface area contributed by atoms with Gasteiger partial charge in [0.05, 0.1) is 6.61 Å². The summed E-state index contributed by atoms with van der Waals surface area (Å²) in [6.45, 7) is 6.49. The molecule has 0 aliphatic carbocycles. The first-order chi connectivity index (χ1) is 6.27. The van der Waals surface area contributed by atoms with E-state index >= 15 is 0 Å². The fourth-order valence-electron chi connectivity index (χ4n) is 2.09. The van der Waals surface area contributed by atoms with Crippen molar-refractivity contribution in [2.75, 3.05) is 20.3 Å². The minimum Gasteiger partial charge on any atom is -0.381 e. The van der Waals surface area contributed by atoms with Gasteiger partial charge in [-0.25, -0.2) is 0 Å². The van der Waals surface area contributed by atoms with Crippen LogP contribution < -0.4 is 5.32 Å². The van der Waals surface area contributed by atoms with Crippen LogP contribution in [0.15, 0.2) is 0 Å². The average Bonchev–Trinajstić information content (AvgIpc) is 2.18. The predicted molar refractivity (Wildman–Crippen MR) is 55.8 cm³/mol. The first-order valence-electron chi connectivity index (χ1n) is 5.53. The molecule has 0 aromatic rings. The highest BCUT2D eigenvalue weighted by atomic mass is 16.5. The molecular weight excluding hydrogens is 162 g/mol. The van der Waals surface area contributed by atoms with Crippen molar-refractivity contribution in [2.45, 2.75) is 39.2 Å². The highest BCUT2D eigenvalue weighted by Gasteiger charge is 2.25. The fourth-order valence-corrected chi connectivity index (χ4v) is 2.09. The van der Waals surface area contributed by atoms with E-state index in [1.807, 2.05) is 0 Å². The zero-order valence-corrected chi connectivity index (χ0v) is 9.18. The van der Waals surface area contributed by atoms with Crippen LogP contribution in [0.3, 0.4) is 0 Å². The van der Waals surface area contributed by atoms with Crippen molar-refractivity contribution >= 4 is 0 Å². The van der Waals surface area contributed by atoms with Crippen molar-refractivity contribution < 1.29 is 4.74 Å². The summed E-state index contributed by atoms with van der Waals surface area (Å²) in [6.07, 6.45) is 3.77. The Kier molecular flexibility index (Phi) is 4.74. The molecule has 1 rings (SSSR count). The van der Waals surface area contributed by atoms with Gasteiger partial charge in [0.15, 0.2) is 0 Å². The van der Waals surface area contributed by atoms with Crippen molar-refractivity contribution in [2.24, 2.45) is 11.8 Å². The van der Waals surface area contributed by atoms with Gasteiger partial charge in [-0.1, -0.05) is 20.3 Å². The number of hydrogen-bond donors (Lipinski definition) is 1. The monoisotopic (exact) mass is 185 g/mol. The van der Waals surface area contributed by atoms with Gasteiger partial charge in [-0.2, -0.15) is 0 Å². The fraction of sp³-hybridized carbons (Fsp3) is 1.00.